The summed E-state index contributed by atoms with van der Waals surface area (Å²) in [6.45, 7) is 3.50. The second-order valence-electron chi connectivity index (χ2n) is 21.6. The lowest BCUT2D eigenvalue weighted by atomic mass is 10.0. The summed E-state index contributed by atoms with van der Waals surface area (Å²) in [6, 6.07) is 0. The summed E-state index contributed by atoms with van der Waals surface area (Å²) < 4.78 is 33.1. The van der Waals surface area contributed by atoms with Crippen LogP contribution in [0.1, 0.15) is 258 Å². The fraction of sp³-hybridized carbons (Fsp3) is 0.600. The number of phosphoric ester groups is 1. The zero-order valence-electron chi connectivity index (χ0n) is 53.8. The molecule has 2 atom stereocenters. The molecule has 480 valence electrons. The minimum atomic E-state index is -4.41. The molecule has 0 bridgehead atoms. The summed E-state index contributed by atoms with van der Waals surface area (Å²) in [5.41, 5.74) is 5.40. The van der Waals surface area contributed by atoms with E-state index in [1.165, 1.54) is 77.0 Å². The number of carbonyl (C=O) groups excluding carboxylic acids is 2. The van der Waals surface area contributed by atoms with Gasteiger partial charge in [0.25, 0.3) is 0 Å². The molecular weight excluding hydrogens is 1070 g/mol. The molecule has 2 unspecified atom stereocenters. The number of hydrogen-bond acceptors (Lipinski definition) is 8. The van der Waals surface area contributed by atoms with Gasteiger partial charge in [0.15, 0.2) is 6.10 Å². The quantitative estimate of drug-likeness (QED) is 0.0264. The second kappa shape index (κ2) is 68.5. The summed E-state index contributed by atoms with van der Waals surface area (Å²) in [6.07, 6.45) is 101. The van der Waals surface area contributed by atoms with Crippen LogP contribution in [0.15, 0.2) is 170 Å². The molecule has 0 radical (unpaired) electrons. The van der Waals surface area contributed by atoms with Crippen LogP contribution in [-0.4, -0.2) is 49.3 Å². The van der Waals surface area contributed by atoms with Crippen molar-refractivity contribution >= 4 is 19.8 Å². The summed E-state index contributed by atoms with van der Waals surface area (Å²) in [5, 5.41) is 0. The van der Waals surface area contributed by atoms with Crippen LogP contribution >= 0.6 is 7.82 Å². The number of ether oxygens (including phenoxy) is 2. The van der Waals surface area contributed by atoms with Gasteiger partial charge in [0.05, 0.1) is 13.2 Å². The van der Waals surface area contributed by atoms with Crippen molar-refractivity contribution in [3.8, 4) is 0 Å². The predicted molar refractivity (Wildman–Crippen MR) is 366 cm³/mol. The van der Waals surface area contributed by atoms with Crippen molar-refractivity contribution in [2.45, 2.75) is 264 Å². The Balaban J connectivity index is 3.97. The molecule has 0 aliphatic heterocycles. The molecule has 0 aliphatic carbocycles. The number of hydrogen-bond donors (Lipinski definition) is 2. The van der Waals surface area contributed by atoms with Crippen molar-refractivity contribution in [1.29, 1.82) is 0 Å². The molecule has 0 spiro atoms. The van der Waals surface area contributed by atoms with E-state index >= 15 is 0 Å². The fourth-order valence-electron chi connectivity index (χ4n) is 8.71. The van der Waals surface area contributed by atoms with E-state index in [1.807, 2.05) is 0 Å². The maximum atomic E-state index is 12.8. The molecule has 0 saturated carbocycles. The molecule has 9 nitrogen and oxygen atoms in total. The van der Waals surface area contributed by atoms with Gasteiger partial charge in [0, 0.05) is 19.4 Å². The van der Waals surface area contributed by atoms with E-state index in [9.17, 15) is 19.0 Å². The predicted octanol–water partition coefficient (Wildman–Crippen LogP) is 22.2. The lowest BCUT2D eigenvalue weighted by Crippen LogP contribution is -2.29. The lowest BCUT2D eigenvalue weighted by molar-refractivity contribution is -0.161. The maximum absolute atomic E-state index is 12.8. The van der Waals surface area contributed by atoms with Crippen LogP contribution in [0.25, 0.3) is 0 Å². The van der Waals surface area contributed by atoms with E-state index in [0.29, 0.717) is 6.42 Å². The van der Waals surface area contributed by atoms with Crippen molar-refractivity contribution < 1.29 is 37.6 Å². The average Bonchev–Trinajstić information content (AvgIpc) is 3.53. The molecule has 0 fully saturated rings. The summed E-state index contributed by atoms with van der Waals surface area (Å²) in [7, 11) is -4.41. The van der Waals surface area contributed by atoms with Gasteiger partial charge in [-0.25, -0.2) is 4.57 Å². The zero-order valence-corrected chi connectivity index (χ0v) is 54.7. The van der Waals surface area contributed by atoms with Crippen molar-refractivity contribution in [2.75, 3.05) is 26.4 Å². The fourth-order valence-corrected chi connectivity index (χ4v) is 9.48. The summed E-state index contributed by atoms with van der Waals surface area (Å²) in [5.74, 6) is -0.846. The summed E-state index contributed by atoms with van der Waals surface area (Å²) >= 11 is 0. The highest BCUT2D eigenvalue weighted by Gasteiger charge is 2.26. The van der Waals surface area contributed by atoms with Gasteiger partial charge >= 0.3 is 19.8 Å². The van der Waals surface area contributed by atoms with Gasteiger partial charge in [-0.1, -0.05) is 287 Å². The zero-order chi connectivity index (χ0) is 61.6. The highest BCUT2D eigenvalue weighted by Crippen LogP contribution is 2.43. The first-order chi connectivity index (χ1) is 41.8. The van der Waals surface area contributed by atoms with Crippen molar-refractivity contribution in [3.05, 3.63) is 170 Å². The second-order valence-corrected chi connectivity index (χ2v) is 23.0. The molecule has 3 N–H and O–H groups in total. The van der Waals surface area contributed by atoms with Gasteiger partial charge in [-0.2, -0.15) is 0 Å². The lowest BCUT2D eigenvalue weighted by Gasteiger charge is -2.19. The van der Waals surface area contributed by atoms with E-state index < -0.39 is 32.5 Å². The molecule has 0 aromatic heterocycles. The number of phosphoric acid groups is 1. The molecule has 0 heterocycles. The first-order valence-electron chi connectivity index (χ1n) is 33.6. The first kappa shape index (κ1) is 80.4. The van der Waals surface area contributed by atoms with Crippen LogP contribution in [0.5, 0.6) is 0 Å². The number of rotatable bonds is 61. The number of carbonyl (C=O) groups is 2. The Kier molecular flexibility index (Phi) is 64.8. The maximum Gasteiger partial charge on any atom is 0.472 e. The molecule has 0 rings (SSSR count). The Bertz CT molecular complexity index is 2000. The highest BCUT2D eigenvalue weighted by molar-refractivity contribution is 7.47. The SMILES string of the molecule is CC/C=C\C/C=C\C/C=C\C/C=C\C/C=C\C/C=C\C/C=C\C/C=C\C/C=C\CCCCCCCCCCCCCC(=O)OC(COC(=O)CCCCCCCCCCC/C=C\C/C=C\C/C=C\C/C=C\C/C=C\CC)COP(=O)(O)OCCN. The third-order valence-corrected chi connectivity index (χ3v) is 14.6. The number of nitrogens with two attached hydrogens (primary N) is 1. The van der Waals surface area contributed by atoms with Gasteiger partial charge in [-0.3, -0.25) is 18.6 Å². The Morgan fingerprint density at radius 3 is 0.906 bits per heavy atom. The smallest absolute Gasteiger partial charge is 0.462 e. The van der Waals surface area contributed by atoms with E-state index in [-0.39, 0.29) is 32.6 Å². The Morgan fingerprint density at radius 2 is 0.612 bits per heavy atom. The van der Waals surface area contributed by atoms with Crippen molar-refractivity contribution in [1.82, 2.24) is 0 Å². The molecule has 10 heteroatoms. The van der Waals surface area contributed by atoms with Crippen LogP contribution in [-0.2, 0) is 32.7 Å². The molecule has 0 aliphatic rings. The van der Waals surface area contributed by atoms with E-state index in [1.54, 1.807) is 0 Å². The third kappa shape index (κ3) is 68.4. The Morgan fingerprint density at radius 1 is 0.353 bits per heavy atom. The van der Waals surface area contributed by atoms with Gasteiger partial charge in [0.2, 0.25) is 0 Å². The molecule has 85 heavy (non-hydrogen) atoms. The number of esters is 2. The van der Waals surface area contributed by atoms with Gasteiger partial charge in [-0.15, -0.1) is 0 Å². The van der Waals surface area contributed by atoms with Crippen molar-refractivity contribution in [3.63, 3.8) is 0 Å². The van der Waals surface area contributed by atoms with Crippen LogP contribution in [0.3, 0.4) is 0 Å². The minimum Gasteiger partial charge on any atom is -0.462 e. The van der Waals surface area contributed by atoms with E-state index in [0.717, 1.165) is 148 Å². The Hall–Kier alpha value is -4.63. The number of unbranched alkanes of at least 4 members (excludes halogenated alkanes) is 20. The van der Waals surface area contributed by atoms with Crippen LogP contribution in [0.2, 0.25) is 0 Å². The van der Waals surface area contributed by atoms with E-state index in [2.05, 4.69) is 184 Å². The number of allylic oxidation sites excluding steroid dienone is 28. The largest absolute Gasteiger partial charge is 0.472 e. The van der Waals surface area contributed by atoms with Gasteiger partial charge in [-0.05, 0) is 128 Å². The first-order valence-corrected chi connectivity index (χ1v) is 35.1. The van der Waals surface area contributed by atoms with Crippen LogP contribution in [0, 0.1) is 0 Å². The molecule has 0 aromatic carbocycles. The van der Waals surface area contributed by atoms with E-state index in [4.69, 9.17) is 24.3 Å². The highest BCUT2D eigenvalue weighted by atomic mass is 31.2. The molecule has 0 amide bonds. The molecule has 0 aromatic rings. The standard InChI is InChI=1S/C75H122NO8P/c1-3-5-7-9-11-13-15-17-19-21-23-25-27-29-30-31-32-33-34-35-36-37-38-39-40-41-42-44-46-48-50-52-54-56-58-60-62-64-66-68-75(78)84-73(72-83-85(79,80)82-70-69-76)71-81-74(77)67-65-63-61-59-57-55-53-51-49-47-45-43-28-26-24-22-20-18-16-14-12-10-8-6-4-2/h5-8,11-14,17-20,23-26,29-30,32-33,35-36,38-39,41-43,45,73H,3-4,9-10,15-16,21-22,27-28,31,34,37,40,44,46-72,76H2,1-2H3,(H,79,80)/b7-5-,8-6-,13-11-,14-12-,19-17-,20-18-,25-23-,26-24-,30-29-,33-32-,36-35-,39-38-,42-41-,45-43-. The molecular formula is C75H122NO8P. The third-order valence-electron chi connectivity index (χ3n) is 13.6. The molecule has 0 saturated heterocycles. The topological polar surface area (TPSA) is 134 Å². The van der Waals surface area contributed by atoms with Gasteiger partial charge in [0.1, 0.15) is 6.61 Å². The monoisotopic (exact) mass is 1200 g/mol. The Labute approximate surface area is 521 Å². The van der Waals surface area contributed by atoms with Gasteiger partial charge < -0.3 is 20.1 Å². The van der Waals surface area contributed by atoms with Crippen molar-refractivity contribution in [2.24, 2.45) is 5.73 Å². The summed E-state index contributed by atoms with van der Waals surface area (Å²) in [4.78, 5) is 35.3. The van der Waals surface area contributed by atoms with Crippen LogP contribution in [0.4, 0.5) is 0 Å². The minimum absolute atomic E-state index is 0.0440. The average molecular weight is 1200 g/mol. The van der Waals surface area contributed by atoms with Crippen LogP contribution < -0.4 is 5.73 Å². The normalized spacial score (nSPS) is 14.1.